The molecular formula is C14H23NO. The molecule has 0 heterocycles. The highest BCUT2D eigenvalue weighted by Crippen LogP contribution is 2.38. The van der Waals surface area contributed by atoms with Gasteiger partial charge in [-0.1, -0.05) is 31.2 Å². The van der Waals surface area contributed by atoms with Gasteiger partial charge in [-0.3, -0.25) is 0 Å². The summed E-state index contributed by atoms with van der Waals surface area (Å²) < 4.78 is 0. The Morgan fingerprint density at radius 2 is 1.75 bits per heavy atom. The first-order valence-electron chi connectivity index (χ1n) is 5.79. The van der Waals surface area contributed by atoms with E-state index < -0.39 is 0 Å². The van der Waals surface area contributed by atoms with Crippen LogP contribution in [0.5, 0.6) is 0 Å². The van der Waals surface area contributed by atoms with Gasteiger partial charge < -0.3 is 10.8 Å². The Morgan fingerprint density at radius 3 is 2.19 bits per heavy atom. The Bertz CT molecular complexity index is 354. The smallest absolute Gasteiger partial charge is 0.0440 e. The van der Waals surface area contributed by atoms with Gasteiger partial charge in [-0.2, -0.15) is 0 Å². The number of hydrogen-bond acceptors (Lipinski definition) is 2. The predicted octanol–water partition coefficient (Wildman–Crippen LogP) is 2.37. The van der Waals surface area contributed by atoms with Crippen molar-refractivity contribution in [2.75, 3.05) is 6.61 Å². The Labute approximate surface area is 98.5 Å². The number of aryl methyl sites for hydroxylation is 1. The highest BCUT2D eigenvalue weighted by Gasteiger charge is 2.39. The van der Waals surface area contributed by atoms with E-state index in [1.54, 1.807) is 0 Å². The lowest BCUT2D eigenvalue weighted by atomic mass is 9.65. The summed E-state index contributed by atoms with van der Waals surface area (Å²) >= 11 is 0. The molecule has 0 aliphatic carbocycles. The van der Waals surface area contributed by atoms with Crippen molar-refractivity contribution in [3.63, 3.8) is 0 Å². The third kappa shape index (κ3) is 2.28. The van der Waals surface area contributed by atoms with Gasteiger partial charge in [0.25, 0.3) is 0 Å². The van der Waals surface area contributed by atoms with Crippen LogP contribution in [0.1, 0.15) is 38.3 Å². The third-order valence-electron chi connectivity index (χ3n) is 3.77. The van der Waals surface area contributed by atoms with Gasteiger partial charge in [0, 0.05) is 17.6 Å². The number of nitrogens with two attached hydrogens (primary N) is 1. The number of rotatable bonds is 4. The first kappa shape index (κ1) is 13.2. The summed E-state index contributed by atoms with van der Waals surface area (Å²) in [7, 11) is 0. The molecule has 1 atom stereocenters. The molecular weight excluding hydrogens is 198 g/mol. The van der Waals surface area contributed by atoms with E-state index in [1.807, 2.05) is 26.0 Å². The van der Waals surface area contributed by atoms with Gasteiger partial charge in [0.15, 0.2) is 0 Å². The van der Waals surface area contributed by atoms with E-state index in [2.05, 4.69) is 26.0 Å². The molecule has 0 saturated carbocycles. The van der Waals surface area contributed by atoms with Gasteiger partial charge in [-0.05, 0) is 38.3 Å². The summed E-state index contributed by atoms with van der Waals surface area (Å²) in [5, 5.41) is 9.26. The first-order chi connectivity index (χ1) is 7.33. The van der Waals surface area contributed by atoms with E-state index in [0.717, 1.165) is 0 Å². The van der Waals surface area contributed by atoms with Crippen LogP contribution in [-0.2, 0) is 5.41 Å². The Kier molecular flexibility index (Phi) is 3.76. The highest BCUT2D eigenvalue weighted by atomic mass is 16.3. The van der Waals surface area contributed by atoms with Gasteiger partial charge in [-0.25, -0.2) is 0 Å². The number of aliphatic hydroxyl groups excluding tert-OH is 1. The normalized spacial score (nSPS) is 15.9. The van der Waals surface area contributed by atoms with Crippen molar-refractivity contribution in [3.05, 3.63) is 35.4 Å². The van der Waals surface area contributed by atoms with E-state index >= 15 is 0 Å². The standard InChI is InChI=1S/C14H23NO/c1-11-7-5-6-8-12(11)14(4,9-10-16)13(2,3)15/h5-8,16H,9-10,15H2,1-4H3. The quantitative estimate of drug-likeness (QED) is 0.820. The second kappa shape index (κ2) is 4.56. The Morgan fingerprint density at radius 1 is 1.19 bits per heavy atom. The molecule has 2 nitrogen and oxygen atoms in total. The van der Waals surface area contributed by atoms with Gasteiger partial charge in [-0.15, -0.1) is 0 Å². The molecule has 0 radical (unpaired) electrons. The molecule has 16 heavy (non-hydrogen) atoms. The zero-order chi connectivity index (χ0) is 12.4. The second-order valence-corrected chi connectivity index (χ2v) is 5.34. The fourth-order valence-corrected chi connectivity index (χ4v) is 2.22. The zero-order valence-electron chi connectivity index (χ0n) is 10.7. The molecule has 1 aromatic rings. The zero-order valence-corrected chi connectivity index (χ0v) is 10.7. The minimum Gasteiger partial charge on any atom is -0.396 e. The Hall–Kier alpha value is -0.860. The van der Waals surface area contributed by atoms with Gasteiger partial charge in [0.1, 0.15) is 0 Å². The highest BCUT2D eigenvalue weighted by molar-refractivity contribution is 5.36. The van der Waals surface area contributed by atoms with Crippen LogP contribution in [0.3, 0.4) is 0 Å². The van der Waals surface area contributed by atoms with E-state index in [9.17, 15) is 5.11 Å². The van der Waals surface area contributed by atoms with E-state index in [4.69, 9.17) is 5.73 Å². The van der Waals surface area contributed by atoms with Crippen LogP contribution in [-0.4, -0.2) is 17.3 Å². The molecule has 90 valence electrons. The summed E-state index contributed by atoms with van der Waals surface area (Å²) in [6.07, 6.45) is 0.682. The third-order valence-corrected chi connectivity index (χ3v) is 3.77. The molecule has 0 fully saturated rings. The largest absolute Gasteiger partial charge is 0.396 e. The van der Waals surface area contributed by atoms with Crippen molar-refractivity contribution >= 4 is 0 Å². The molecule has 1 aromatic carbocycles. The maximum Gasteiger partial charge on any atom is 0.0440 e. The minimum atomic E-state index is -0.359. The number of hydrogen-bond donors (Lipinski definition) is 2. The predicted molar refractivity (Wildman–Crippen MR) is 68.5 cm³/mol. The molecule has 3 N–H and O–H groups in total. The lowest BCUT2D eigenvalue weighted by Gasteiger charge is -2.43. The van der Waals surface area contributed by atoms with Gasteiger partial charge >= 0.3 is 0 Å². The minimum absolute atomic E-state index is 0.158. The van der Waals surface area contributed by atoms with Crippen LogP contribution in [0.4, 0.5) is 0 Å². The topological polar surface area (TPSA) is 46.2 Å². The summed E-state index contributed by atoms with van der Waals surface area (Å²) in [6, 6.07) is 8.27. The fourth-order valence-electron chi connectivity index (χ4n) is 2.22. The molecule has 0 aliphatic heterocycles. The average Bonchev–Trinajstić information content (AvgIpc) is 2.16. The summed E-state index contributed by atoms with van der Waals surface area (Å²) in [4.78, 5) is 0. The molecule has 0 aliphatic rings. The molecule has 0 saturated heterocycles. The van der Waals surface area contributed by atoms with E-state index in [0.29, 0.717) is 6.42 Å². The van der Waals surface area contributed by atoms with Crippen LogP contribution < -0.4 is 5.73 Å². The van der Waals surface area contributed by atoms with Crippen molar-refractivity contribution < 1.29 is 5.11 Å². The molecule has 0 aromatic heterocycles. The Balaban J connectivity index is 3.28. The van der Waals surface area contributed by atoms with Crippen molar-refractivity contribution in [1.82, 2.24) is 0 Å². The fraction of sp³-hybridized carbons (Fsp3) is 0.571. The monoisotopic (exact) mass is 221 g/mol. The number of aliphatic hydroxyl groups is 1. The first-order valence-corrected chi connectivity index (χ1v) is 5.79. The molecule has 0 spiro atoms. The van der Waals surface area contributed by atoms with Crippen molar-refractivity contribution in [2.45, 2.75) is 45.1 Å². The second-order valence-electron chi connectivity index (χ2n) is 5.34. The van der Waals surface area contributed by atoms with Crippen molar-refractivity contribution in [2.24, 2.45) is 5.73 Å². The van der Waals surface area contributed by atoms with Crippen LogP contribution >= 0.6 is 0 Å². The number of benzene rings is 1. The lowest BCUT2D eigenvalue weighted by molar-refractivity contribution is 0.190. The van der Waals surface area contributed by atoms with Crippen molar-refractivity contribution in [1.29, 1.82) is 0 Å². The van der Waals surface area contributed by atoms with Crippen LogP contribution in [0.2, 0.25) is 0 Å². The van der Waals surface area contributed by atoms with Crippen molar-refractivity contribution in [3.8, 4) is 0 Å². The van der Waals surface area contributed by atoms with E-state index in [1.165, 1.54) is 11.1 Å². The van der Waals surface area contributed by atoms with Crippen LogP contribution in [0, 0.1) is 6.92 Å². The lowest BCUT2D eigenvalue weighted by Crippen LogP contribution is -2.53. The van der Waals surface area contributed by atoms with Crippen LogP contribution in [0.25, 0.3) is 0 Å². The molecule has 0 bridgehead atoms. The molecule has 1 unspecified atom stereocenters. The molecule has 0 amide bonds. The SMILES string of the molecule is Cc1ccccc1C(C)(CCO)C(C)(C)N. The van der Waals surface area contributed by atoms with Gasteiger partial charge in [0.05, 0.1) is 0 Å². The van der Waals surface area contributed by atoms with E-state index in [-0.39, 0.29) is 17.6 Å². The summed E-state index contributed by atoms with van der Waals surface area (Å²) in [5.74, 6) is 0. The maximum absolute atomic E-state index is 9.26. The van der Waals surface area contributed by atoms with Gasteiger partial charge in [0.2, 0.25) is 0 Å². The average molecular weight is 221 g/mol. The summed E-state index contributed by atoms with van der Waals surface area (Å²) in [6.45, 7) is 8.43. The maximum atomic E-state index is 9.26. The molecule has 1 rings (SSSR count). The molecule has 2 heteroatoms. The van der Waals surface area contributed by atoms with Crippen LogP contribution in [0.15, 0.2) is 24.3 Å². The summed E-state index contributed by atoms with van der Waals surface area (Å²) in [5.41, 5.74) is 8.20.